The molecular formula is C18H33BO2Si. The maximum atomic E-state index is 9.35. The first-order chi connectivity index (χ1) is 10.4. The summed E-state index contributed by atoms with van der Waals surface area (Å²) in [5.74, 6) is 0. The van der Waals surface area contributed by atoms with Crippen LogP contribution in [0.4, 0.5) is 0 Å². The molecule has 4 heteroatoms. The maximum absolute atomic E-state index is 9.35. The fourth-order valence-corrected chi connectivity index (χ4v) is 11.7. The molecule has 124 valence electrons. The van der Waals surface area contributed by atoms with E-state index in [-0.39, 0.29) is 0 Å². The average Bonchev–Trinajstić information content (AvgIpc) is 2.54. The molecule has 0 saturated heterocycles. The van der Waals surface area contributed by atoms with Gasteiger partial charge in [0.25, 0.3) is 0 Å². The van der Waals surface area contributed by atoms with Crippen LogP contribution in [0.3, 0.4) is 0 Å². The van der Waals surface area contributed by atoms with Gasteiger partial charge in [0.05, 0.1) is 8.07 Å². The summed E-state index contributed by atoms with van der Waals surface area (Å²) >= 11 is 0. The fourth-order valence-electron chi connectivity index (χ4n) is 4.27. The average molecular weight is 320 g/mol. The third-order valence-electron chi connectivity index (χ3n) is 5.99. The minimum absolute atomic E-state index is 0.587. The summed E-state index contributed by atoms with van der Waals surface area (Å²) in [5.41, 5.74) is 2.76. The Morgan fingerprint density at radius 3 is 1.45 bits per heavy atom. The van der Waals surface area contributed by atoms with Crippen LogP contribution in [0.2, 0.25) is 16.6 Å². The molecule has 0 aliphatic carbocycles. The molecule has 1 rings (SSSR count). The van der Waals surface area contributed by atoms with Crippen molar-refractivity contribution in [2.24, 2.45) is 0 Å². The lowest BCUT2D eigenvalue weighted by atomic mass is 9.81. The molecule has 3 unspecified atom stereocenters. The Labute approximate surface area is 138 Å². The standard InChI is InChI=1S/C18H33BO2Si/c1-7-14(4)22(15(5)8-2,16(6)9-3)18-12-10-17(11-13-18)19(20)21/h10-16,20-21H,7-9H2,1-6H3. The molecule has 1 aromatic rings. The Balaban J connectivity index is 3.46. The summed E-state index contributed by atoms with van der Waals surface area (Å²) in [5, 5.41) is 20.2. The molecule has 0 amide bonds. The summed E-state index contributed by atoms with van der Waals surface area (Å²) < 4.78 is 0. The molecule has 1 aromatic carbocycles. The second-order valence-electron chi connectivity index (χ2n) is 6.86. The summed E-state index contributed by atoms with van der Waals surface area (Å²) in [6.45, 7) is 14.2. The van der Waals surface area contributed by atoms with Crippen LogP contribution < -0.4 is 10.6 Å². The van der Waals surface area contributed by atoms with E-state index < -0.39 is 15.2 Å². The molecule has 2 N–H and O–H groups in total. The molecule has 0 radical (unpaired) electrons. The highest BCUT2D eigenvalue weighted by Gasteiger charge is 2.47. The minimum Gasteiger partial charge on any atom is -0.423 e. The second kappa shape index (κ2) is 8.32. The van der Waals surface area contributed by atoms with Gasteiger partial charge in [0, 0.05) is 0 Å². The molecular weight excluding hydrogens is 287 g/mol. The smallest absolute Gasteiger partial charge is 0.423 e. The van der Waals surface area contributed by atoms with Crippen LogP contribution in [0.5, 0.6) is 0 Å². The first-order valence-corrected chi connectivity index (χ1v) is 11.1. The molecule has 22 heavy (non-hydrogen) atoms. The zero-order valence-corrected chi connectivity index (χ0v) is 16.1. The third kappa shape index (κ3) is 3.50. The highest BCUT2D eigenvalue weighted by atomic mass is 28.3. The van der Waals surface area contributed by atoms with Crippen molar-refractivity contribution < 1.29 is 10.0 Å². The Morgan fingerprint density at radius 2 is 1.18 bits per heavy atom. The summed E-state index contributed by atoms with van der Waals surface area (Å²) in [6, 6.07) is 8.14. The van der Waals surface area contributed by atoms with Gasteiger partial charge in [-0.15, -0.1) is 0 Å². The topological polar surface area (TPSA) is 40.5 Å². The van der Waals surface area contributed by atoms with E-state index in [0.29, 0.717) is 5.46 Å². The summed E-state index contributed by atoms with van der Waals surface area (Å²) in [6.07, 6.45) is 3.64. The van der Waals surface area contributed by atoms with E-state index >= 15 is 0 Å². The number of hydrogen-bond donors (Lipinski definition) is 2. The van der Waals surface area contributed by atoms with Crippen molar-refractivity contribution in [1.29, 1.82) is 0 Å². The quantitative estimate of drug-likeness (QED) is 0.721. The van der Waals surface area contributed by atoms with Crippen molar-refractivity contribution in [3.05, 3.63) is 24.3 Å². The monoisotopic (exact) mass is 320 g/mol. The van der Waals surface area contributed by atoms with Crippen LogP contribution >= 0.6 is 0 Å². The number of benzene rings is 1. The normalized spacial score (nSPS) is 18.4. The first kappa shape index (κ1) is 19.5. The van der Waals surface area contributed by atoms with Crippen LogP contribution in [0.15, 0.2) is 24.3 Å². The van der Waals surface area contributed by atoms with E-state index in [1.807, 2.05) is 12.1 Å². The van der Waals surface area contributed by atoms with Crippen LogP contribution in [0.1, 0.15) is 60.8 Å². The molecule has 0 aromatic heterocycles. The van der Waals surface area contributed by atoms with E-state index in [0.717, 1.165) is 16.6 Å². The largest absolute Gasteiger partial charge is 0.488 e. The van der Waals surface area contributed by atoms with Crippen LogP contribution in [0, 0.1) is 0 Å². The Kier molecular flexibility index (Phi) is 7.37. The van der Waals surface area contributed by atoms with Crippen LogP contribution in [-0.4, -0.2) is 25.2 Å². The van der Waals surface area contributed by atoms with Gasteiger partial charge in [-0.3, -0.25) is 0 Å². The lowest BCUT2D eigenvalue weighted by molar-refractivity contribution is 0.426. The van der Waals surface area contributed by atoms with Gasteiger partial charge < -0.3 is 10.0 Å². The number of rotatable bonds is 8. The van der Waals surface area contributed by atoms with E-state index in [2.05, 4.69) is 53.7 Å². The van der Waals surface area contributed by atoms with Crippen molar-refractivity contribution in [3.63, 3.8) is 0 Å². The lowest BCUT2D eigenvalue weighted by Gasteiger charge is -2.47. The predicted octanol–water partition coefficient (Wildman–Crippen LogP) is 3.42. The first-order valence-electron chi connectivity index (χ1n) is 8.82. The van der Waals surface area contributed by atoms with Crippen molar-refractivity contribution in [3.8, 4) is 0 Å². The molecule has 0 aliphatic heterocycles. The molecule has 0 spiro atoms. The van der Waals surface area contributed by atoms with E-state index in [1.54, 1.807) is 0 Å². The number of hydrogen-bond acceptors (Lipinski definition) is 2. The zero-order chi connectivity index (χ0) is 16.9. The molecule has 0 saturated carbocycles. The van der Waals surface area contributed by atoms with Gasteiger partial charge in [0.2, 0.25) is 0 Å². The maximum Gasteiger partial charge on any atom is 0.488 e. The highest BCUT2D eigenvalue weighted by molar-refractivity contribution is 6.95. The van der Waals surface area contributed by atoms with Gasteiger partial charge >= 0.3 is 7.12 Å². The third-order valence-corrected chi connectivity index (χ3v) is 13.4. The van der Waals surface area contributed by atoms with Gasteiger partial charge in [0.1, 0.15) is 0 Å². The summed E-state index contributed by atoms with van der Waals surface area (Å²) in [7, 11) is -3.08. The molecule has 2 nitrogen and oxygen atoms in total. The van der Waals surface area contributed by atoms with Gasteiger partial charge in [-0.1, -0.05) is 90.3 Å². The Bertz CT molecular complexity index is 420. The van der Waals surface area contributed by atoms with Gasteiger partial charge in [0.15, 0.2) is 0 Å². The van der Waals surface area contributed by atoms with Crippen LogP contribution in [0.25, 0.3) is 0 Å². The van der Waals surface area contributed by atoms with Gasteiger partial charge in [-0.25, -0.2) is 0 Å². The van der Waals surface area contributed by atoms with E-state index in [9.17, 15) is 10.0 Å². The summed E-state index contributed by atoms with van der Waals surface area (Å²) in [4.78, 5) is 0. The zero-order valence-electron chi connectivity index (χ0n) is 15.1. The molecule has 0 fully saturated rings. The Morgan fingerprint density at radius 1 is 0.818 bits per heavy atom. The van der Waals surface area contributed by atoms with Crippen LogP contribution in [-0.2, 0) is 0 Å². The molecule has 0 heterocycles. The second-order valence-corrected chi connectivity index (χ2v) is 12.3. The lowest BCUT2D eigenvalue weighted by Crippen LogP contribution is -2.57. The predicted molar refractivity (Wildman–Crippen MR) is 101 cm³/mol. The van der Waals surface area contributed by atoms with E-state index in [4.69, 9.17) is 0 Å². The van der Waals surface area contributed by atoms with Crippen molar-refractivity contribution in [1.82, 2.24) is 0 Å². The van der Waals surface area contributed by atoms with Crippen molar-refractivity contribution in [2.75, 3.05) is 0 Å². The van der Waals surface area contributed by atoms with Gasteiger partial charge in [-0.05, 0) is 22.1 Å². The molecule has 0 aliphatic rings. The van der Waals surface area contributed by atoms with Gasteiger partial charge in [-0.2, -0.15) is 0 Å². The minimum atomic E-state index is -1.70. The molecule has 3 atom stereocenters. The van der Waals surface area contributed by atoms with E-state index in [1.165, 1.54) is 24.4 Å². The Hall–Kier alpha value is -0.578. The highest BCUT2D eigenvalue weighted by Crippen LogP contribution is 2.45. The van der Waals surface area contributed by atoms with Crippen molar-refractivity contribution in [2.45, 2.75) is 77.4 Å². The SMILES string of the molecule is CCC(C)[Si](c1ccc(B(O)O)cc1)(C(C)CC)C(C)CC. The molecule has 0 bridgehead atoms. The van der Waals surface area contributed by atoms with Crippen molar-refractivity contribution >= 4 is 25.8 Å². The fraction of sp³-hybridized carbons (Fsp3) is 0.667.